The van der Waals surface area contributed by atoms with Gasteiger partial charge in [0.25, 0.3) is 0 Å². The van der Waals surface area contributed by atoms with Gasteiger partial charge in [-0.1, -0.05) is 0 Å². The molecule has 0 bridgehead atoms. The number of ether oxygens (including phenoxy) is 1. The Morgan fingerprint density at radius 2 is 2.06 bits per heavy atom. The summed E-state index contributed by atoms with van der Waals surface area (Å²) in [6, 6.07) is 1.85. The Kier molecular flexibility index (Phi) is 3.88. The van der Waals surface area contributed by atoms with Crippen LogP contribution in [0, 0.1) is 6.92 Å². The van der Waals surface area contributed by atoms with E-state index in [9.17, 15) is 9.59 Å². The summed E-state index contributed by atoms with van der Waals surface area (Å²) in [5.74, 6) is -0.256. The van der Waals surface area contributed by atoms with Gasteiger partial charge in [-0.15, -0.1) is 0 Å². The molecule has 4 nitrogen and oxygen atoms in total. The van der Waals surface area contributed by atoms with E-state index in [0.717, 1.165) is 11.3 Å². The molecule has 0 aromatic carbocycles. The van der Waals surface area contributed by atoms with Crippen molar-refractivity contribution in [2.75, 3.05) is 6.61 Å². The van der Waals surface area contributed by atoms with Crippen molar-refractivity contribution in [1.82, 2.24) is 4.57 Å². The standard InChI is InChI=1S/C12H17NO3/c1-5-16-11(15)7-10-6-8(2)12(9(3)14)13(10)4/h6H,5,7H2,1-4H3. The second-order valence-electron chi connectivity index (χ2n) is 3.76. The van der Waals surface area contributed by atoms with E-state index in [1.807, 2.05) is 13.0 Å². The summed E-state index contributed by atoms with van der Waals surface area (Å²) in [4.78, 5) is 22.7. The Morgan fingerprint density at radius 3 is 2.50 bits per heavy atom. The Labute approximate surface area is 95.2 Å². The van der Waals surface area contributed by atoms with E-state index in [4.69, 9.17) is 4.74 Å². The lowest BCUT2D eigenvalue weighted by molar-refractivity contribution is -0.142. The molecule has 88 valence electrons. The monoisotopic (exact) mass is 223 g/mol. The average Bonchev–Trinajstić information content (AvgIpc) is 2.42. The molecule has 0 fully saturated rings. The Bertz CT molecular complexity index is 418. The third kappa shape index (κ3) is 2.51. The maximum Gasteiger partial charge on any atom is 0.311 e. The molecule has 0 atom stereocenters. The van der Waals surface area contributed by atoms with Crippen molar-refractivity contribution in [3.8, 4) is 0 Å². The van der Waals surface area contributed by atoms with Gasteiger partial charge in [-0.05, 0) is 25.5 Å². The number of ketones is 1. The minimum atomic E-state index is -0.266. The van der Waals surface area contributed by atoms with Gasteiger partial charge in [-0.3, -0.25) is 9.59 Å². The van der Waals surface area contributed by atoms with E-state index in [1.165, 1.54) is 6.92 Å². The van der Waals surface area contributed by atoms with Crippen LogP contribution in [0.4, 0.5) is 0 Å². The number of hydrogen-bond acceptors (Lipinski definition) is 3. The Hall–Kier alpha value is -1.58. The first kappa shape index (κ1) is 12.5. The van der Waals surface area contributed by atoms with Crippen molar-refractivity contribution in [1.29, 1.82) is 0 Å². The highest BCUT2D eigenvalue weighted by molar-refractivity contribution is 5.94. The fourth-order valence-corrected chi connectivity index (χ4v) is 1.87. The first-order chi connectivity index (χ1) is 7.47. The minimum Gasteiger partial charge on any atom is -0.466 e. The fourth-order valence-electron chi connectivity index (χ4n) is 1.87. The summed E-state index contributed by atoms with van der Waals surface area (Å²) in [5.41, 5.74) is 2.36. The van der Waals surface area contributed by atoms with Crippen LogP contribution in [0.5, 0.6) is 0 Å². The molecule has 0 aliphatic carbocycles. The van der Waals surface area contributed by atoms with Gasteiger partial charge in [0.15, 0.2) is 5.78 Å². The van der Waals surface area contributed by atoms with Crippen molar-refractivity contribution >= 4 is 11.8 Å². The van der Waals surface area contributed by atoms with Gasteiger partial charge < -0.3 is 9.30 Å². The first-order valence-electron chi connectivity index (χ1n) is 5.29. The molecule has 1 heterocycles. The lowest BCUT2D eigenvalue weighted by Crippen LogP contribution is -2.12. The van der Waals surface area contributed by atoms with Crippen LogP contribution in [-0.2, 0) is 23.0 Å². The number of Topliss-reactive ketones (excluding diaryl/α,β-unsaturated/α-hetero) is 1. The second-order valence-corrected chi connectivity index (χ2v) is 3.76. The number of rotatable bonds is 4. The second kappa shape index (κ2) is 4.96. The van der Waals surface area contributed by atoms with Crippen LogP contribution >= 0.6 is 0 Å². The number of aryl methyl sites for hydroxylation is 1. The van der Waals surface area contributed by atoms with Gasteiger partial charge in [0.2, 0.25) is 0 Å². The molecule has 4 heteroatoms. The largest absolute Gasteiger partial charge is 0.466 e. The molecule has 0 aliphatic rings. The first-order valence-corrected chi connectivity index (χ1v) is 5.29. The van der Waals surface area contributed by atoms with E-state index in [-0.39, 0.29) is 18.2 Å². The topological polar surface area (TPSA) is 48.3 Å². The molecule has 0 saturated carbocycles. The van der Waals surface area contributed by atoms with Crippen LogP contribution in [0.25, 0.3) is 0 Å². The highest BCUT2D eigenvalue weighted by Gasteiger charge is 2.15. The Balaban J connectivity index is 2.95. The van der Waals surface area contributed by atoms with Gasteiger partial charge in [0.1, 0.15) is 0 Å². The molecular formula is C12H17NO3. The molecule has 0 radical (unpaired) electrons. The highest BCUT2D eigenvalue weighted by Crippen LogP contribution is 2.15. The molecule has 1 rings (SSSR count). The third-order valence-electron chi connectivity index (χ3n) is 2.49. The molecule has 0 unspecified atom stereocenters. The molecule has 0 N–H and O–H groups in total. The number of aromatic nitrogens is 1. The molecule has 0 saturated heterocycles. The molecule has 0 aliphatic heterocycles. The number of carbonyl (C=O) groups excluding carboxylic acids is 2. The fraction of sp³-hybridized carbons (Fsp3) is 0.500. The van der Waals surface area contributed by atoms with Gasteiger partial charge in [-0.25, -0.2) is 0 Å². The summed E-state index contributed by atoms with van der Waals surface area (Å²) < 4.78 is 6.63. The number of esters is 1. The quantitative estimate of drug-likeness (QED) is 0.576. The van der Waals surface area contributed by atoms with Crippen LogP contribution in [0.1, 0.15) is 35.6 Å². The predicted octanol–water partition coefficient (Wildman–Crippen LogP) is 1.64. The Morgan fingerprint density at radius 1 is 1.44 bits per heavy atom. The predicted molar refractivity (Wildman–Crippen MR) is 60.5 cm³/mol. The van der Waals surface area contributed by atoms with Gasteiger partial charge >= 0.3 is 5.97 Å². The third-order valence-corrected chi connectivity index (χ3v) is 2.49. The van der Waals surface area contributed by atoms with Crippen LogP contribution in [0.15, 0.2) is 6.07 Å². The lowest BCUT2D eigenvalue weighted by Gasteiger charge is -2.05. The molecular weight excluding hydrogens is 206 g/mol. The minimum absolute atomic E-state index is 0.00936. The van der Waals surface area contributed by atoms with Crippen molar-refractivity contribution in [3.63, 3.8) is 0 Å². The van der Waals surface area contributed by atoms with Crippen LogP contribution in [0.2, 0.25) is 0 Å². The normalized spacial score (nSPS) is 10.2. The molecule has 1 aromatic heterocycles. The summed E-state index contributed by atoms with van der Waals surface area (Å²) in [6.07, 6.45) is 0.207. The van der Waals surface area contributed by atoms with Crippen molar-refractivity contribution in [2.24, 2.45) is 7.05 Å². The van der Waals surface area contributed by atoms with E-state index >= 15 is 0 Å². The maximum atomic E-state index is 11.4. The highest BCUT2D eigenvalue weighted by atomic mass is 16.5. The zero-order chi connectivity index (χ0) is 12.3. The number of hydrogen-bond donors (Lipinski definition) is 0. The van der Waals surface area contributed by atoms with Crippen molar-refractivity contribution < 1.29 is 14.3 Å². The molecule has 16 heavy (non-hydrogen) atoms. The van der Waals surface area contributed by atoms with E-state index in [0.29, 0.717) is 12.3 Å². The average molecular weight is 223 g/mol. The maximum absolute atomic E-state index is 11.4. The smallest absolute Gasteiger partial charge is 0.311 e. The lowest BCUT2D eigenvalue weighted by atomic mass is 10.2. The van der Waals surface area contributed by atoms with Crippen molar-refractivity contribution in [2.45, 2.75) is 27.2 Å². The van der Waals surface area contributed by atoms with Crippen molar-refractivity contribution in [3.05, 3.63) is 23.0 Å². The van der Waals surface area contributed by atoms with Crippen LogP contribution < -0.4 is 0 Å². The summed E-state index contributed by atoms with van der Waals surface area (Å²) >= 11 is 0. The SMILES string of the molecule is CCOC(=O)Cc1cc(C)c(C(C)=O)n1C. The zero-order valence-electron chi connectivity index (χ0n) is 10.2. The summed E-state index contributed by atoms with van der Waals surface area (Å²) in [6.45, 7) is 5.54. The van der Waals surface area contributed by atoms with Gasteiger partial charge in [0.05, 0.1) is 18.7 Å². The number of carbonyl (C=O) groups is 2. The van der Waals surface area contributed by atoms with Gasteiger partial charge in [0, 0.05) is 19.7 Å². The number of nitrogens with zero attached hydrogens (tertiary/aromatic N) is 1. The van der Waals surface area contributed by atoms with Crippen LogP contribution in [0.3, 0.4) is 0 Å². The van der Waals surface area contributed by atoms with Gasteiger partial charge in [-0.2, -0.15) is 0 Å². The van der Waals surface area contributed by atoms with E-state index < -0.39 is 0 Å². The van der Waals surface area contributed by atoms with E-state index in [2.05, 4.69) is 0 Å². The zero-order valence-corrected chi connectivity index (χ0v) is 10.2. The molecule has 1 aromatic rings. The summed E-state index contributed by atoms with van der Waals surface area (Å²) in [7, 11) is 1.79. The van der Waals surface area contributed by atoms with E-state index in [1.54, 1.807) is 18.5 Å². The summed E-state index contributed by atoms with van der Waals surface area (Å²) in [5, 5.41) is 0. The van der Waals surface area contributed by atoms with Crippen LogP contribution in [-0.4, -0.2) is 22.9 Å². The molecule has 0 spiro atoms. The molecule has 0 amide bonds.